The van der Waals surface area contributed by atoms with Crippen LogP contribution in [-0.4, -0.2) is 66.7 Å². The SMILES string of the molecule is CCC/C=C(Nc1ccc(C)c(N(C=O)CCC(C)(C)O)c1)/C(C#N)=C\N=C(C)N1CC(C)C(C)(F)C(CNC)C1. The molecule has 2 rings (SSSR count). The number of hydrogen-bond donors (Lipinski definition) is 3. The molecule has 0 aromatic heterocycles. The number of likely N-dealkylation sites (tertiary alicyclic amines) is 1. The molecule has 9 heteroatoms. The zero-order valence-electron chi connectivity index (χ0n) is 26.1. The number of anilines is 2. The van der Waals surface area contributed by atoms with Crippen molar-refractivity contribution < 1.29 is 14.3 Å². The third-order valence-electron chi connectivity index (χ3n) is 7.92. The highest BCUT2D eigenvalue weighted by molar-refractivity contribution is 5.81. The van der Waals surface area contributed by atoms with Crippen molar-refractivity contribution in [2.24, 2.45) is 16.8 Å². The minimum Gasteiger partial charge on any atom is -0.390 e. The molecule has 1 aromatic rings. The molecule has 0 bridgehead atoms. The quantitative estimate of drug-likeness (QED) is 0.0947. The summed E-state index contributed by atoms with van der Waals surface area (Å²) in [6, 6.07) is 7.99. The van der Waals surface area contributed by atoms with Gasteiger partial charge in [-0.3, -0.25) is 4.79 Å². The number of amidine groups is 1. The normalized spacial score (nSPS) is 22.4. The van der Waals surface area contributed by atoms with E-state index in [4.69, 9.17) is 0 Å². The molecule has 1 aliphatic heterocycles. The number of unbranched alkanes of at least 4 members (excludes halogenated alkanes) is 1. The van der Waals surface area contributed by atoms with Gasteiger partial charge >= 0.3 is 0 Å². The average molecular weight is 569 g/mol. The fourth-order valence-electron chi connectivity index (χ4n) is 4.90. The lowest BCUT2D eigenvalue weighted by atomic mass is 9.77. The molecule has 3 N–H and O–H groups in total. The van der Waals surface area contributed by atoms with Crippen LogP contribution in [0, 0.1) is 30.1 Å². The Bertz CT molecular complexity index is 1160. The third kappa shape index (κ3) is 9.68. The molecule has 226 valence electrons. The summed E-state index contributed by atoms with van der Waals surface area (Å²) in [5.74, 6) is 0.403. The number of aliphatic hydroxyl groups is 1. The number of nitriles is 1. The molecule has 1 aliphatic rings. The number of aryl methyl sites for hydroxylation is 1. The maximum Gasteiger partial charge on any atom is 0.214 e. The second-order valence-electron chi connectivity index (χ2n) is 11.9. The van der Waals surface area contributed by atoms with Crippen molar-refractivity contribution in [2.45, 2.75) is 79.0 Å². The molecule has 3 unspecified atom stereocenters. The van der Waals surface area contributed by atoms with Gasteiger partial charge in [0.05, 0.1) is 16.9 Å². The second-order valence-corrected chi connectivity index (χ2v) is 11.9. The van der Waals surface area contributed by atoms with Crippen molar-refractivity contribution in [1.29, 1.82) is 5.26 Å². The molecule has 1 fully saturated rings. The van der Waals surface area contributed by atoms with Gasteiger partial charge in [-0.1, -0.05) is 32.4 Å². The number of amides is 1. The molecular formula is C32H49FN6O2. The van der Waals surface area contributed by atoms with E-state index in [0.29, 0.717) is 43.9 Å². The lowest BCUT2D eigenvalue weighted by Crippen LogP contribution is -2.56. The van der Waals surface area contributed by atoms with Crippen LogP contribution in [-0.2, 0) is 4.79 Å². The van der Waals surface area contributed by atoms with E-state index in [-0.39, 0.29) is 11.8 Å². The molecule has 1 heterocycles. The summed E-state index contributed by atoms with van der Waals surface area (Å²) in [5, 5.41) is 26.7. The number of benzene rings is 1. The number of halogens is 1. The summed E-state index contributed by atoms with van der Waals surface area (Å²) < 4.78 is 15.4. The first-order valence-corrected chi connectivity index (χ1v) is 14.5. The number of nitrogens with zero attached hydrogens (tertiary/aromatic N) is 4. The Morgan fingerprint density at radius 2 is 2.10 bits per heavy atom. The molecule has 41 heavy (non-hydrogen) atoms. The van der Waals surface area contributed by atoms with Crippen molar-refractivity contribution >= 4 is 23.6 Å². The third-order valence-corrected chi connectivity index (χ3v) is 7.92. The van der Waals surface area contributed by atoms with Crippen molar-refractivity contribution in [1.82, 2.24) is 10.2 Å². The van der Waals surface area contributed by atoms with Gasteiger partial charge in [0, 0.05) is 55.6 Å². The summed E-state index contributed by atoms with van der Waals surface area (Å²) in [7, 11) is 1.84. The van der Waals surface area contributed by atoms with Crippen molar-refractivity contribution in [3.8, 4) is 6.07 Å². The largest absolute Gasteiger partial charge is 0.390 e. The summed E-state index contributed by atoms with van der Waals surface area (Å²) in [4.78, 5) is 20.2. The first-order valence-electron chi connectivity index (χ1n) is 14.5. The van der Waals surface area contributed by atoms with E-state index in [9.17, 15) is 15.2 Å². The molecule has 0 radical (unpaired) electrons. The number of carbonyl (C=O) groups is 1. The molecule has 1 saturated heterocycles. The topological polar surface area (TPSA) is 104 Å². The fourth-order valence-corrected chi connectivity index (χ4v) is 4.90. The summed E-state index contributed by atoms with van der Waals surface area (Å²) >= 11 is 0. The average Bonchev–Trinajstić information content (AvgIpc) is 2.91. The number of nitrogens with one attached hydrogen (secondary N) is 2. The van der Waals surface area contributed by atoms with Gasteiger partial charge in [0.15, 0.2) is 0 Å². The zero-order valence-corrected chi connectivity index (χ0v) is 26.1. The summed E-state index contributed by atoms with van der Waals surface area (Å²) in [6.45, 7) is 15.0. The van der Waals surface area contributed by atoms with Crippen LogP contribution in [0.4, 0.5) is 15.8 Å². The molecule has 0 saturated carbocycles. The van der Waals surface area contributed by atoms with Gasteiger partial charge in [-0.2, -0.15) is 5.26 Å². The smallest absolute Gasteiger partial charge is 0.214 e. The van der Waals surface area contributed by atoms with Crippen LogP contribution in [0.25, 0.3) is 0 Å². The number of alkyl halides is 1. The van der Waals surface area contributed by atoms with Crippen LogP contribution < -0.4 is 15.5 Å². The van der Waals surface area contributed by atoms with Gasteiger partial charge in [0.2, 0.25) is 6.41 Å². The maximum atomic E-state index is 15.4. The van der Waals surface area contributed by atoms with Crippen molar-refractivity contribution in [2.75, 3.05) is 43.4 Å². The van der Waals surface area contributed by atoms with E-state index < -0.39 is 11.3 Å². The zero-order chi connectivity index (χ0) is 30.8. The maximum absolute atomic E-state index is 15.4. The van der Waals surface area contributed by atoms with Gasteiger partial charge in [-0.25, -0.2) is 9.38 Å². The molecule has 0 spiro atoms. The Kier molecular flexibility index (Phi) is 12.5. The molecule has 1 amide bonds. The number of aliphatic imine (C=N–C) groups is 1. The van der Waals surface area contributed by atoms with Gasteiger partial charge < -0.3 is 25.5 Å². The number of rotatable bonds is 13. The Morgan fingerprint density at radius 3 is 2.68 bits per heavy atom. The van der Waals surface area contributed by atoms with E-state index in [1.54, 1.807) is 31.9 Å². The van der Waals surface area contributed by atoms with Crippen LogP contribution in [0.5, 0.6) is 0 Å². The standard InChI is InChI=1S/C32H49FN6O2/c1-9-10-11-29(37-28-13-12-23(2)30(16-28)38(22-40)15-14-31(5,6)41)26(17-34)18-36-25(4)39-20-24(3)32(7,33)27(21-39)19-35-8/h11-13,16,18,22,24,27,35,37,41H,9-10,14-15,19-21H2,1-8H3/b26-18-,29-11-,36-25?. The van der Waals surface area contributed by atoms with Gasteiger partial charge in [-0.15, -0.1) is 0 Å². The van der Waals surface area contributed by atoms with E-state index in [2.05, 4.69) is 33.5 Å². The monoisotopic (exact) mass is 568 g/mol. The molecule has 3 atom stereocenters. The second kappa shape index (κ2) is 15.1. The van der Waals surface area contributed by atoms with E-state index in [1.807, 2.05) is 52.1 Å². The Morgan fingerprint density at radius 1 is 1.39 bits per heavy atom. The van der Waals surface area contributed by atoms with Gasteiger partial charge in [0.25, 0.3) is 0 Å². The lowest BCUT2D eigenvalue weighted by Gasteiger charge is -2.46. The van der Waals surface area contributed by atoms with Crippen molar-refractivity contribution in [3.63, 3.8) is 0 Å². The number of piperidine rings is 1. The highest BCUT2D eigenvalue weighted by atomic mass is 19.1. The number of hydrogen-bond acceptors (Lipinski definition) is 6. The van der Waals surface area contributed by atoms with Gasteiger partial charge in [0.1, 0.15) is 17.6 Å². The molecule has 1 aromatic carbocycles. The molecule has 0 aliphatic carbocycles. The predicted molar refractivity (Wildman–Crippen MR) is 167 cm³/mol. The van der Waals surface area contributed by atoms with E-state index in [1.165, 1.54) is 0 Å². The minimum atomic E-state index is -1.27. The van der Waals surface area contributed by atoms with Gasteiger partial charge in [-0.05, 0) is 72.2 Å². The lowest BCUT2D eigenvalue weighted by molar-refractivity contribution is -0.107. The highest BCUT2D eigenvalue weighted by Crippen LogP contribution is 2.36. The molecule has 8 nitrogen and oxygen atoms in total. The fraction of sp³-hybridized carbons (Fsp3) is 0.594. The minimum absolute atomic E-state index is 0.161. The van der Waals surface area contributed by atoms with Crippen molar-refractivity contribution in [3.05, 3.63) is 47.3 Å². The Labute approximate surface area is 246 Å². The number of allylic oxidation sites excluding steroid dienone is 2. The van der Waals surface area contributed by atoms with E-state index in [0.717, 1.165) is 42.0 Å². The van der Waals surface area contributed by atoms with Crippen LogP contribution in [0.1, 0.15) is 66.4 Å². The number of carbonyl (C=O) groups excluding carboxylic acids is 1. The van der Waals surface area contributed by atoms with E-state index >= 15 is 4.39 Å². The summed E-state index contributed by atoms with van der Waals surface area (Å²) in [5.41, 5.74) is 1.23. The van der Waals surface area contributed by atoms with Crippen LogP contribution in [0.2, 0.25) is 0 Å². The van der Waals surface area contributed by atoms with Crippen LogP contribution in [0.3, 0.4) is 0 Å². The highest BCUT2D eigenvalue weighted by Gasteiger charge is 2.44. The van der Waals surface area contributed by atoms with Crippen LogP contribution in [0.15, 0.2) is 46.7 Å². The van der Waals surface area contributed by atoms with Crippen LogP contribution >= 0.6 is 0 Å². The first-order chi connectivity index (χ1) is 19.3. The summed E-state index contributed by atoms with van der Waals surface area (Å²) in [6.07, 6.45) is 6.42. The Balaban J connectivity index is 2.34. The first kappa shape index (κ1) is 34.0. The predicted octanol–water partition coefficient (Wildman–Crippen LogP) is 5.56. The molecular weight excluding hydrogens is 519 g/mol. The Hall–Kier alpha value is -3.22.